The van der Waals surface area contributed by atoms with E-state index in [0.29, 0.717) is 0 Å². The molecule has 0 saturated carbocycles. The van der Waals surface area contributed by atoms with Crippen LogP contribution in [0.25, 0.3) is 10.9 Å². The van der Waals surface area contributed by atoms with Crippen LogP contribution in [-0.2, 0) is 23.2 Å². The molecule has 0 atom stereocenters. The molecule has 0 aliphatic carbocycles. The van der Waals surface area contributed by atoms with Crippen molar-refractivity contribution in [3.8, 4) is 0 Å². The van der Waals surface area contributed by atoms with Gasteiger partial charge >= 0.3 is 5.97 Å². The maximum Gasteiger partial charge on any atom is 0.304 e. The molecule has 1 aromatic carbocycles. The highest BCUT2D eigenvalue weighted by Gasteiger charge is 2.27. The molecule has 106 valence electrons. The first-order valence-electron chi connectivity index (χ1n) is 6.92. The van der Waals surface area contributed by atoms with Crippen molar-refractivity contribution in [1.82, 2.24) is 4.57 Å². The van der Waals surface area contributed by atoms with Crippen molar-refractivity contribution in [2.45, 2.75) is 45.1 Å². The molecule has 0 saturated heterocycles. The number of halogens is 1. The quantitative estimate of drug-likeness (QED) is 0.917. The zero-order valence-electron chi connectivity index (χ0n) is 11.7. The summed E-state index contributed by atoms with van der Waals surface area (Å²) in [5, 5.41) is 10.3. The van der Waals surface area contributed by atoms with Crippen molar-refractivity contribution >= 4 is 32.8 Å². The topological polar surface area (TPSA) is 42.2 Å². The van der Waals surface area contributed by atoms with Crippen molar-refractivity contribution in [3.05, 3.63) is 33.9 Å². The highest BCUT2D eigenvalue weighted by atomic mass is 79.9. The lowest BCUT2D eigenvalue weighted by molar-refractivity contribution is -0.138. The van der Waals surface area contributed by atoms with Gasteiger partial charge < -0.3 is 9.67 Å². The highest BCUT2D eigenvalue weighted by molar-refractivity contribution is 9.10. The molecule has 1 aromatic heterocycles. The van der Waals surface area contributed by atoms with Crippen LogP contribution in [0.2, 0.25) is 0 Å². The first kappa shape index (κ1) is 13.7. The summed E-state index contributed by atoms with van der Waals surface area (Å²) in [5.74, 6) is -0.750. The molecule has 0 unspecified atom stereocenters. The van der Waals surface area contributed by atoms with E-state index in [-0.39, 0.29) is 11.8 Å². The second-order valence-electron chi connectivity index (χ2n) is 6.26. The lowest BCUT2D eigenvalue weighted by Crippen LogP contribution is -2.22. The number of hydrogen-bond donors (Lipinski definition) is 1. The van der Waals surface area contributed by atoms with Crippen LogP contribution in [0.3, 0.4) is 0 Å². The van der Waals surface area contributed by atoms with Crippen molar-refractivity contribution < 1.29 is 9.90 Å². The van der Waals surface area contributed by atoms with Gasteiger partial charge in [-0.3, -0.25) is 4.79 Å². The maximum atomic E-state index is 11.1. The smallest absolute Gasteiger partial charge is 0.304 e. The van der Waals surface area contributed by atoms with Gasteiger partial charge in [-0.25, -0.2) is 0 Å². The largest absolute Gasteiger partial charge is 0.481 e. The number of hydrogen-bond acceptors (Lipinski definition) is 1. The van der Waals surface area contributed by atoms with Crippen LogP contribution >= 0.6 is 15.9 Å². The van der Waals surface area contributed by atoms with Crippen molar-refractivity contribution in [2.75, 3.05) is 0 Å². The third kappa shape index (κ3) is 2.16. The van der Waals surface area contributed by atoms with Gasteiger partial charge in [-0.2, -0.15) is 0 Å². The summed E-state index contributed by atoms with van der Waals surface area (Å²) in [4.78, 5) is 11.1. The number of aliphatic carboxylic acids is 1. The summed E-state index contributed by atoms with van der Waals surface area (Å²) in [6.45, 7) is 5.07. The van der Waals surface area contributed by atoms with Gasteiger partial charge in [-0.05, 0) is 46.0 Å². The predicted molar refractivity (Wildman–Crippen MR) is 83.2 cm³/mol. The molecule has 1 N–H and O–H groups in total. The molecule has 3 nitrogen and oxygen atoms in total. The Morgan fingerprint density at radius 1 is 1.45 bits per heavy atom. The zero-order valence-corrected chi connectivity index (χ0v) is 13.3. The molecule has 2 aromatic rings. The van der Waals surface area contributed by atoms with E-state index in [0.717, 1.165) is 29.4 Å². The van der Waals surface area contributed by atoms with Crippen LogP contribution in [0, 0.1) is 0 Å². The molecule has 0 spiro atoms. The molecule has 0 amide bonds. The minimum absolute atomic E-state index is 0.149. The van der Waals surface area contributed by atoms with Gasteiger partial charge in [-0.1, -0.05) is 19.9 Å². The van der Waals surface area contributed by atoms with E-state index in [2.05, 4.69) is 38.8 Å². The fourth-order valence-corrected chi connectivity index (χ4v) is 3.71. The third-order valence-corrected chi connectivity index (χ3v) is 4.85. The summed E-state index contributed by atoms with van der Waals surface area (Å²) in [6.07, 6.45) is 4.51. The normalized spacial score (nSPS) is 14.8. The van der Waals surface area contributed by atoms with Crippen LogP contribution in [0.4, 0.5) is 0 Å². The summed E-state index contributed by atoms with van der Waals surface area (Å²) in [6, 6.07) is 4.35. The number of nitrogens with zero attached hydrogens (tertiary/aromatic N) is 1. The molecule has 20 heavy (non-hydrogen) atoms. The van der Waals surface area contributed by atoms with Crippen LogP contribution in [-0.4, -0.2) is 15.6 Å². The average molecular weight is 336 g/mol. The number of aromatic nitrogens is 1. The van der Waals surface area contributed by atoms with Gasteiger partial charge in [0.2, 0.25) is 0 Å². The standard InChI is InChI=1S/C16H18BrNO2/c1-16(2,8-14(19)20)11-6-10-4-3-5-18-9-13(17)12(7-11)15(10)18/h6-7,9H,3-5,8H2,1-2H3,(H,19,20). The minimum atomic E-state index is -0.750. The minimum Gasteiger partial charge on any atom is -0.481 e. The van der Waals surface area contributed by atoms with Crippen molar-refractivity contribution in [3.63, 3.8) is 0 Å². The van der Waals surface area contributed by atoms with E-state index in [1.807, 2.05) is 13.8 Å². The first-order valence-corrected chi connectivity index (χ1v) is 7.71. The molecular formula is C16H18BrNO2. The number of carbonyl (C=O) groups is 1. The van der Waals surface area contributed by atoms with Crippen LogP contribution < -0.4 is 0 Å². The Balaban J connectivity index is 2.19. The third-order valence-electron chi connectivity index (χ3n) is 4.22. The molecule has 1 aliphatic heterocycles. The second-order valence-corrected chi connectivity index (χ2v) is 7.11. The fourth-order valence-electron chi connectivity index (χ4n) is 3.16. The fraction of sp³-hybridized carbons (Fsp3) is 0.438. The summed E-state index contributed by atoms with van der Waals surface area (Å²) in [5.41, 5.74) is 3.41. The SMILES string of the molecule is CC(C)(CC(=O)O)c1cc2c3c(c1)c(Br)cn3CCC2. The molecule has 2 heterocycles. The first-order chi connectivity index (χ1) is 9.38. The van der Waals surface area contributed by atoms with Crippen molar-refractivity contribution in [2.24, 2.45) is 0 Å². The van der Waals surface area contributed by atoms with E-state index in [1.54, 1.807) is 0 Å². The molecule has 4 heteroatoms. The van der Waals surface area contributed by atoms with Crippen molar-refractivity contribution in [1.29, 1.82) is 0 Å². The highest BCUT2D eigenvalue weighted by Crippen LogP contribution is 2.37. The van der Waals surface area contributed by atoms with Gasteiger partial charge in [0.15, 0.2) is 0 Å². The van der Waals surface area contributed by atoms with E-state index < -0.39 is 5.97 Å². The second kappa shape index (κ2) is 4.62. The number of carboxylic acid groups (broad SMARTS) is 1. The number of rotatable bonds is 3. The molecular weight excluding hydrogens is 318 g/mol. The summed E-state index contributed by atoms with van der Waals surface area (Å²) in [7, 11) is 0. The maximum absolute atomic E-state index is 11.1. The van der Waals surface area contributed by atoms with Gasteiger partial charge in [0.05, 0.1) is 11.9 Å². The molecule has 1 aliphatic rings. The summed E-state index contributed by atoms with van der Waals surface area (Å²) < 4.78 is 3.40. The van der Waals surface area contributed by atoms with Gasteiger partial charge in [-0.15, -0.1) is 0 Å². The van der Waals surface area contributed by atoms with Gasteiger partial charge in [0, 0.05) is 28.0 Å². The lowest BCUT2D eigenvalue weighted by Gasteiger charge is -2.25. The Hall–Kier alpha value is -1.29. The van der Waals surface area contributed by atoms with Crippen LogP contribution in [0.1, 0.15) is 37.8 Å². The van der Waals surface area contributed by atoms with E-state index in [1.165, 1.54) is 16.5 Å². The zero-order chi connectivity index (χ0) is 14.5. The van der Waals surface area contributed by atoms with Gasteiger partial charge in [0.25, 0.3) is 0 Å². The van der Waals surface area contributed by atoms with Crippen LogP contribution in [0.5, 0.6) is 0 Å². The Morgan fingerprint density at radius 3 is 2.90 bits per heavy atom. The number of carboxylic acids is 1. The molecule has 3 rings (SSSR count). The van der Waals surface area contributed by atoms with Gasteiger partial charge in [0.1, 0.15) is 0 Å². The van der Waals surface area contributed by atoms with E-state index in [9.17, 15) is 4.79 Å². The molecule has 0 radical (unpaired) electrons. The Morgan fingerprint density at radius 2 is 2.20 bits per heavy atom. The van der Waals surface area contributed by atoms with Crippen LogP contribution in [0.15, 0.2) is 22.8 Å². The summed E-state index contributed by atoms with van der Waals surface area (Å²) >= 11 is 3.64. The number of benzene rings is 1. The Labute approximate surface area is 126 Å². The predicted octanol–water partition coefficient (Wildman–Crippen LogP) is 4.10. The van der Waals surface area contributed by atoms with E-state index >= 15 is 0 Å². The number of aryl methyl sites for hydroxylation is 2. The monoisotopic (exact) mass is 335 g/mol. The molecule has 0 bridgehead atoms. The lowest BCUT2D eigenvalue weighted by atomic mass is 9.80. The van der Waals surface area contributed by atoms with E-state index in [4.69, 9.17) is 5.11 Å². The molecule has 0 fully saturated rings. The Bertz CT molecular complexity index is 700. The average Bonchev–Trinajstić information content (AvgIpc) is 2.66. The Kier molecular flexibility index (Phi) is 3.16.